The minimum atomic E-state index is -4.67. The van der Waals surface area contributed by atoms with Crippen molar-refractivity contribution in [2.45, 2.75) is 18.9 Å². The summed E-state index contributed by atoms with van der Waals surface area (Å²) in [6.45, 7) is 0. The predicted molar refractivity (Wildman–Crippen MR) is 62.1 cm³/mol. The lowest BCUT2D eigenvalue weighted by atomic mass is 10.7. The standard InChI is InChI=1S/C5H11N3.2H2O4S/c1-7-5(6)8-4-2-3-4;2*1-5(2,3)4/h4H,2-3H2,1H3,(H3,6,7,8);2*(H2,1,2,3,4). The summed E-state index contributed by atoms with van der Waals surface area (Å²) in [5, 5.41) is 3.03. The highest BCUT2D eigenvalue weighted by Crippen LogP contribution is 2.17. The van der Waals surface area contributed by atoms with E-state index in [1.54, 1.807) is 7.05 Å². The number of rotatable bonds is 1. The molecule has 0 aromatic heterocycles. The average Bonchev–Trinajstić information content (AvgIpc) is 2.81. The molecule has 0 amide bonds. The smallest absolute Gasteiger partial charge is 0.370 e. The largest absolute Gasteiger partial charge is 0.394 e. The van der Waals surface area contributed by atoms with Crippen LogP contribution in [0.15, 0.2) is 4.99 Å². The number of hydrogen-bond donors (Lipinski definition) is 6. The molecule has 0 atom stereocenters. The van der Waals surface area contributed by atoms with Crippen molar-refractivity contribution in [1.82, 2.24) is 5.32 Å². The number of nitrogens with one attached hydrogen (secondary N) is 1. The van der Waals surface area contributed by atoms with Gasteiger partial charge in [-0.1, -0.05) is 0 Å². The molecule has 0 bridgehead atoms. The van der Waals surface area contributed by atoms with E-state index >= 15 is 0 Å². The normalized spacial score (nSPS) is 15.7. The Labute approximate surface area is 104 Å². The Hall–Kier alpha value is -0.990. The van der Waals surface area contributed by atoms with Crippen LogP contribution in [0.4, 0.5) is 0 Å². The van der Waals surface area contributed by atoms with Gasteiger partial charge in [-0.05, 0) is 12.8 Å². The molecule has 1 fully saturated rings. The molecule has 0 heterocycles. The van der Waals surface area contributed by atoms with Gasteiger partial charge in [0.05, 0.1) is 0 Å². The lowest BCUT2D eigenvalue weighted by Gasteiger charge is -1.98. The number of hydrogen-bond acceptors (Lipinski definition) is 5. The Morgan fingerprint density at radius 1 is 1.11 bits per heavy atom. The van der Waals surface area contributed by atoms with E-state index in [2.05, 4.69) is 10.3 Å². The van der Waals surface area contributed by atoms with Crippen LogP contribution in [0, 0.1) is 0 Å². The topological polar surface area (TPSA) is 200 Å². The van der Waals surface area contributed by atoms with Crippen molar-refractivity contribution in [2.75, 3.05) is 7.05 Å². The molecule has 0 aliphatic heterocycles. The van der Waals surface area contributed by atoms with Crippen molar-refractivity contribution in [3.05, 3.63) is 0 Å². The highest BCUT2D eigenvalue weighted by molar-refractivity contribution is 7.80. The lowest BCUT2D eigenvalue weighted by Crippen LogP contribution is -2.32. The third kappa shape index (κ3) is 45.9. The summed E-state index contributed by atoms with van der Waals surface area (Å²) in [5.74, 6) is 0.563. The fraction of sp³-hybridized carbons (Fsp3) is 0.800. The van der Waals surface area contributed by atoms with Crippen molar-refractivity contribution in [1.29, 1.82) is 0 Å². The van der Waals surface area contributed by atoms with Gasteiger partial charge in [-0.25, -0.2) is 0 Å². The maximum atomic E-state index is 8.74. The van der Waals surface area contributed by atoms with Crippen LogP contribution in [0.1, 0.15) is 12.8 Å². The second kappa shape index (κ2) is 8.17. The summed E-state index contributed by atoms with van der Waals surface area (Å²) in [7, 11) is -7.65. The molecule has 1 rings (SSSR count). The van der Waals surface area contributed by atoms with Crippen molar-refractivity contribution in [3.63, 3.8) is 0 Å². The molecule has 1 aliphatic rings. The zero-order chi connectivity index (χ0) is 15.0. The van der Waals surface area contributed by atoms with E-state index in [1.807, 2.05) is 0 Å². The van der Waals surface area contributed by atoms with Crippen LogP contribution in [0.2, 0.25) is 0 Å². The van der Waals surface area contributed by atoms with Crippen LogP contribution in [-0.2, 0) is 20.8 Å². The summed E-state index contributed by atoms with van der Waals surface area (Å²) in [4.78, 5) is 3.75. The van der Waals surface area contributed by atoms with Gasteiger partial charge in [0.2, 0.25) is 0 Å². The molecule has 0 unspecified atom stereocenters. The first-order valence-corrected chi connectivity index (χ1v) is 7.01. The summed E-state index contributed by atoms with van der Waals surface area (Å²) in [6, 6.07) is 0.624. The fourth-order valence-corrected chi connectivity index (χ4v) is 0.501. The van der Waals surface area contributed by atoms with Gasteiger partial charge in [0, 0.05) is 13.1 Å². The van der Waals surface area contributed by atoms with Crippen molar-refractivity contribution < 1.29 is 35.0 Å². The van der Waals surface area contributed by atoms with E-state index in [0.717, 1.165) is 0 Å². The van der Waals surface area contributed by atoms with Gasteiger partial charge in [0.1, 0.15) is 0 Å². The Morgan fingerprint density at radius 3 is 1.56 bits per heavy atom. The number of nitrogens with two attached hydrogens (primary N) is 1. The number of nitrogens with zero attached hydrogens (tertiary/aromatic N) is 1. The highest BCUT2D eigenvalue weighted by atomic mass is 32.3. The molecule has 1 saturated carbocycles. The molecule has 7 N–H and O–H groups in total. The number of aliphatic imine (C=N–C) groups is 1. The van der Waals surface area contributed by atoms with Gasteiger partial charge >= 0.3 is 20.8 Å². The fourth-order valence-electron chi connectivity index (χ4n) is 0.501. The molecule has 11 nitrogen and oxygen atoms in total. The molecule has 0 aromatic carbocycles. The van der Waals surface area contributed by atoms with E-state index in [1.165, 1.54) is 12.8 Å². The predicted octanol–water partition coefficient (Wildman–Crippen LogP) is -1.62. The molecular weight excluding hydrogens is 294 g/mol. The molecule has 0 spiro atoms. The molecule has 1 aliphatic carbocycles. The third-order valence-electron chi connectivity index (χ3n) is 1.17. The van der Waals surface area contributed by atoms with Gasteiger partial charge in [-0.15, -0.1) is 0 Å². The Bertz CT molecular complexity index is 405. The Balaban J connectivity index is 0. The van der Waals surface area contributed by atoms with Gasteiger partial charge in [0.15, 0.2) is 5.96 Å². The van der Waals surface area contributed by atoms with Gasteiger partial charge in [-0.3, -0.25) is 23.2 Å². The zero-order valence-corrected chi connectivity index (χ0v) is 10.9. The maximum absolute atomic E-state index is 8.74. The molecule has 0 saturated heterocycles. The molecule has 0 aromatic rings. The first-order chi connectivity index (χ1) is 7.83. The number of guanidine groups is 1. The molecule has 0 radical (unpaired) electrons. The van der Waals surface area contributed by atoms with Gasteiger partial charge in [0.25, 0.3) is 0 Å². The van der Waals surface area contributed by atoms with E-state index < -0.39 is 20.8 Å². The highest BCUT2D eigenvalue weighted by Gasteiger charge is 2.20. The van der Waals surface area contributed by atoms with E-state index in [4.69, 9.17) is 40.8 Å². The van der Waals surface area contributed by atoms with Crippen LogP contribution in [0.3, 0.4) is 0 Å². The molecular formula is C5H15N3O8S2. The van der Waals surface area contributed by atoms with Crippen molar-refractivity contribution in [3.8, 4) is 0 Å². The third-order valence-corrected chi connectivity index (χ3v) is 1.17. The molecule has 13 heteroatoms. The van der Waals surface area contributed by atoms with Gasteiger partial charge in [-0.2, -0.15) is 16.8 Å². The van der Waals surface area contributed by atoms with Crippen LogP contribution in [0.5, 0.6) is 0 Å². The summed E-state index contributed by atoms with van der Waals surface area (Å²) in [6.07, 6.45) is 2.49. The summed E-state index contributed by atoms with van der Waals surface area (Å²) in [5.41, 5.74) is 5.35. The quantitative estimate of drug-likeness (QED) is 0.186. The van der Waals surface area contributed by atoms with Crippen molar-refractivity contribution in [2.24, 2.45) is 10.7 Å². The Kier molecular flexibility index (Phi) is 8.79. The van der Waals surface area contributed by atoms with E-state index in [0.29, 0.717) is 12.0 Å². The SMILES string of the molecule is CN=C(N)NC1CC1.O=S(=O)(O)O.O=S(=O)(O)O. The molecule has 18 heavy (non-hydrogen) atoms. The minimum absolute atomic E-state index is 0.563. The minimum Gasteiger partial charge on any atom is -0.370 e. The van der Waals surface area contributed by atoms with Crippen LogP contribution in [0.25, 0.3) is 0 Å². The monoisotopic (exact) mass is 309 g/mol. The van der Waals surface area contributed by atoms with E-state index in [-0.39, 0.29) is 0 Å². The molecule has 110 valence electrons. The second-order valence-corrected chi connectivity index (χ2v) is 4.71. The maximum Gasteiger partial charge on any atom is 0.394 e. The van der Waals surface area contributed by atoms with Gasteiger partial charge < -0.3 is 11.1 Å². The lowest BCUT2D eigenvalue weighted by molar-refractivity contribution is 0.378. The first-order valence-electron chi connectivity index (χ1n) is 4.21. The van der Waals surface area contributed by atoms with Crippen LogP contribution < -0.4 is 11.1 Å². The van der Waals surface area contributed by atoms with Crippen molar-refractivity contribution >= 4 is 26.8 Å². The van der Waals surface area contributed by atoms with Crippen LogP contribution in [-0.4, -0.2) is 54.1 Å². The first kappa shape index (κ1) is 19.4. The summed E-state index contributed by atoms with van der Waals surface area (Å²) < 4.78 is 63.2. The average molecular weight is 309 g/mol. The van der Waals surface area contributed by atoms with Crippen LogP contribution >= 0.6 is 0 Å². The Morgan fingerprint density at radius 2 is 1.39 bits per heavy atom. The summed E-state index contributed by atoms with van der Waals surface area (Å²) >= 11 is 0. The second-order valence-electron chi connectivity index (χ2n) is 2.92. The zero-order valence-electron chi connectivity index (χ0n) is 9.25. The van der Waals surface area contributed by atoms with E-state index in [9.17, 15) is 0 Å².